The van der Waals surface area contributed by atoms with E-state index in [-0.39, 0.29) is 35.7 Å². The summed E-state index contributed by atoms with van der Waals surface area (Å²) in [6.45, 7) is 0. The van der Waals surface area contributed by atoms with Crippen molar-refractivity contribution in [1.82, 2.24) is 15.3 Å². The third-order valence-electron chi connectivity index (χ3n) is 7.82. The van der Waals surface area contributed by atoms with Crippen molar-refractivity contribution in [1.29, 1.82) is 0 Å². The maximum absolute atomic E-state index is 13.2. The Balaban J connectivity index is 1.13. The molecule has 4 N–H and O–H groups in total. The Bertz CT molecular complexity index is 1360. The Morgan fingerprint density at radius 3 is 2.24 bits per heavy atom. The highest BCUT2D eigenvalue weighted by molar-refractivity contribution is 6.02. The van der Waals surface area contributed by atoms with E-state index in [4.69, 9.17) is 5.73 Å². The average molecular weight is 511 g/mol. The van der Waals surface area contributed by atoms with E-state index in [2.05, 4.69) is 25.5 Å². The summed E-state index contributed by atoms with van der Waals surface area (Å²) >= 11 is 0. The lowest BCUT2D eigenvalue weighted by Gasteiger charge is -2.40. The van der Waals surface area contributed by atoms with E-state index in [0.717, 1.165) is 50.0 Å². The predicted molar refractivity (Wildman–Crippen MR) is 144 cm³/mol. The molecular formula is C29H30N6O3. The van der Waals surface area contributed by atoms with Crippen molar-refractivity contribution in [3.05, 3.63) is 77.7 Å². The maximum atomic E-state index is 13.2. The van der Waals surface area contributed by atoms with Gasteiger partial charge in [-0.05, 0) is 81.0 Å². The molecular weight excluding hydrogens is 480 g/mol. The van der Waals surface area contributed by atoms with Gasteiger partial charge >= 0.3 is 0 Å². The normalized spacial score (nSPS) is 22.1. The van der Waals surface area contributed by atoms with Crippen LogP contribution in [0.2, 0.25) is 0 Å². The smallest absolute Gasteiger partial charge is 0.251 e. The van der Waals surface area contributed by atoms with Gasteiger partial charge in [0.2, 0.25) is 0 Å². The van der Waals surface area contributed by atoms with Crippen molar-refractivity contribution in [2.45, 2.75) is 56.7 Å². The number of nitrogens with zero attached hydrogens (tertiary/aromatic N) is 3. The Hall–Kier alpha value is -4.27. The second-order valence-corrected chi connectivity index (χ2v) is 10.5. The zero-order chi connectivity index (χ0) is 26.2. The number of piperidine rings is 1. The van der Waals surface area contributed by atoms with E-state index in [0.29, 0.717) is 22.4 Å². The van der Waals surface area contributed by atoms with Crippen LogP contribution in [0.1, 0.15) is 69.6 Å². The molecule has 2 amide bonds. The third-order valence-corrected chi connectivity index (χ3v) is 7.82. The minimum atomic E-state index is -0.573. The van der Waals surface area contributed by atoms with Crippen LogP contribution in [0.3, 0.4) is 0 Å². The van der Waals surface area contributed by atoms with E-state index in [1.807, 2.05) is 12.1 Å². The van der Waals surface area contributed by atoms with Gasteiger partial charge in [0.25, 0.3) is 11.8 Å². The number of aromatic nitrogens is 2. The molecule has 6 rings (SSSR count). The molecule has 0 spiro atoms. The summed E-state index contributed by atoms with van der Waals surface area (Å²) in [5.74, 6) is 0.543. The first-order chi connectivity index (χ1) is 18.5. The number of fused-ring (bicyclic) bond motifs is 2. The Morgan fingerprint density at radius 1 is 0.895 bits per heavy atom. The van der Waals surface area contributed by atoms with E-state index < -0.39 is 5.91 Å². The highest BCUT2D eigenvalue weighted by Gasteiger charge is 2.42. The van der Waals surface area contributed by atoms with Crippen LogP contribution in [0.25, 0.3) is 0 Å². The topological polar surface area (TPSA) is 130 Å². The first-order valence-electron chi connectivity index (χ1n) is 13.2. The van der Waals surface area contributed by atoms with Crippen LogP contribution >= 0.6 is 0 Å². The zero-order valence-corrected chi connectivity index (χ0v) is 21.0. The Labute approximate surface area is 220 Å². The summed E-state index contributed by atoms with van der Waals surface area (Å²) in [6.07, 6.45) is 10.7. The number of hydrogen-bond acceptors (Lipinski definition) is 7. The summed E-state index contributed by atoms with van der Waals surface area (Å²) in [4.78, 5) is 48.5. The number of Topliss-reactive ketones (excluding diaryl/α,β-unsaturated/α-hetero) is 1. The first-order valence-corrected chi connectivity index (χ1v) is 13.2. The third kappa shape index (κ3) is 4.83. The standard InChI is InChI=1S/C29H30N6O3/c30-28(37)24-7-3-18(13-25(24)33-20-9-11-31-12-10-20)29(38)34-21-14-22-5-6-23(15-21)35(22)26-8-4-19(16-32-26)27(36)17-1-2-17/h3-4,7-13,16-17,21-23H,1-2,5-6,14-15H2,(H2,30,37)(H,31,33)(H,34,38)/t21?,22-,23+. The quantitative estimate of drug-likeness (QED) is 0.393. The van der Waals surface area contributed by atoms with Crippen LogP contribution < -0.4 is 21.3 Å². The number of amides is 2. The van der Waals surface area contributed by atoms with Crippen LogP contribution in [0.15, 0.2) is 61.1 Å². The van der Waals surface area contributed by atoms with Gasteiger partial charge in [-0.3, -0.25) is 19.4 Å². The first kappa shape index (κ1) is 24.1. The van der Waals surface area contributed by atoms with Gasteiger partial charge in [-0.25, -0.2) is 4.98 Å². The molecule has 2 aromatic heterocycles. The van der Waals surface area contributed by atoms with Crippen LogP contribution in [0.5, 0.6) is 0 Å². The lowest BCUT2D eigenvalue weighted by molar-refractivity contribution is 0.0924. The van der Waals surface area contributed by atoms with Gasteiger partial charge in [0, 0.05) is 59.4 Å². The van der Waals surface area contributed by atoms with Crippen molar-refractivity contribution in [3.63, 3.8) is 0 Å². The van der Waals surface area contributed by atoms with E-state index in [1.54, 1.807) is 48.9 Å². The molecule has 3 aliphatic rings. The molecule has 2 saturated heterocycles. The Morgan fingerprint density at radius 2 is 1.61 bits per heavy atom. The zero-order valence-electron chi connectivity index (χ0n) is 21.0. The molecule has 0 radical (unpaired) electrons. The number of rotatable bonds is 8. The molecule has 1 unspecified atom stereocenters. The van der Waals surface area contributed by atoms with Crippen LogP contribution in [-0.2, 0) is 0 Å². The second kappa shape index (κ2) is 9.89. The number of carbonyl (C=O) groups is 3. The van der Waals surface area contributed by atoms with Crippen molar-refractivity contribution in [3.8, 4) is 0 Å². The Kier molecular flexibility index (Phi) is 6.27. The number of nitrogens with one attached hydrogen (secondary N) is 2. The van der Waals surface area contributed by atoms with Crippen molar-refractivity contribution < 1.29 is 14.4 Å². The van der Waals surface area contributed by atoms with Crippen LogP contribution in [-0.4, -0.2) is 45.7 Å². The molecule has 3 fully saturated rings. The molecule has 38 heavy (non-hydrogen) atoms. The molecule has 2 bridgehead atoms. The number of pyridine rings is 2. The maximum Gasteiger partial charge on any atom is 0.251 e. The van der Waals surface area contributed by atoms with Gasteiger partial charge in [-0.1, -0.05) is 0 Å². The molecule has 4 heterocycles. The molecule has 194 valence electrons. The van der Waals surface area contributed by atoms with Crippen molar-refractivity contribution >= 4 is 34.8 Å². The molecule has 1 aromatic carbocycles. The monoisotopic (exact) mass is 510 g/mol. The lowest BCUT2D eigenvalue weighted by atomic mass is 9.96. The summed E-state index contributed by atoms with van der Waals surface area (Å²) in [6, 6.07) is 12.9. The SMILES string of the molecule is NC(=O)c1ccc(C(=O)NC2C[C@H]3CC[C@@H](C2)N3c2ccc(C(=O)C3CC3)cn2)cc1Nc1ccncc1. The van der Waals surface area contributed by atoms with E-state index in [1.165, 1.54) is 0 Å². The fourth-order valence-electron chi connectivity index (χ4n) is 5.80. The van der Waals surface area contributed by atoms with Gasteiger partial charge in [-0.2, -0.15) is 0 Å². The number of ketones is 1. The number of carbonyl (C=O) groups excluding carboxylic acids is 3. The van der Waals surface area contributed by atoms with E-state index >= 15 is 0 Å². The highest BCUT2D eigenvalue weighted by atomic mass is 16.2. The molecule has 1 saturated carbocycles. The van der Waals surface area contributed by atoms with Gasteiger partial charge in [0.1, 0.15) is 5.82 Å². The number of nitrogens with two attached hydrogens (primary N) is 1. The van der Waals surface area contributed by atoms with Crippen molar-refractivity contribution in [2.24, 2.45) is 11.7 Å². The fourth-order valence-corrected chi connectivity index (χ4v) is 5.80. The molecule has 9 heteroatoms. The second-order valence-electron chi connectivity index (χ2n) is 10.5. The minimum Gasteiger partial charge on any atom is -0.366 e. The largest absolute Gasteiger partial charge is 0.366 e. The lowest BCUT2D eigenvalue weighted by Crippen LogP contribution is -2.50. The molecule has 3 atom stereocenters. The predicted octanol–water partition coefficient (Wildman–Crippen LogP) is 3.84. The number of primary amides is 1. The van der Waals surface area contributed by atoms with E-state index in [9.17, 15) is 14.4 Å². The molecule has 2 aliphatic heterocycles. The number of benzene rings is 1. The highest BCUT2D eigenvalue weighted by Crippen LogP contribution is 2.39. The summed E-state index contributed by atoms with van der Waals surface area (Å²) < 4.78 is 0. The summed E-state index contributed by atoms with van der Waals surface area (Å²) in [5.41, 5.74) is 8.24. The summed E-state index contributed by atoms with van der Waals surface area (Å²) in [7, 11) is 0. The van der Waals surface area contributed by atoms with Crippen LogP contribution in [0, 0.1) is 5.92 Å². The van der Waals surface area contributed by atoms with Crippen LogP contribution in [0.4, 0.5) is 17.2 Å². The average Bonchev–Trinajstić information content (AvgIpc) is 3.74. The van der Waals surface area contributed by atoms with Gasteiger partial charge < -0.3 is 21.3 Å². The van der Waals surface area contributed by atoms with Crippen molar-refractivity contribution in [2.75, 3.05) is 10.2 Å². The molecule has 3 aromatic rings. The number of anilines is 3. The molecule has 1 aliphatic carbocycles. The number of hydrogen-bond donors (Lipinski definition) is 3. The van der Waals surface area contributed by atoms with Gasteiger partial charge in [0.15, 0.2) is 5.78 Å². The van der Waals surface area contributed by atoms with Gasteiger partial charge in [-0.15, -0.1) is 0 Å². The van der Waals surface area contributed by atoms with Gasteiger partial charge in [0.05, 0.1) is 11.3 Å². The summed E-state index contributed by atoms with van der Waals surface area (Å²) in [5, 5.41) is 6.37. The fraction of sp³-hybridized carbons (Fsp3) is 0.345. The molecule has 9 nitrogen and oxygen atoms in total. The minimum absolute atomic E-state index is 0.0411.